The summed E-state index contributed by atoms with van der Waals surface area (Å²) in [6, 6.07) is 8.15. The number of para-hydroxylation sites is 1. The van der Waals surface area contributed by atoms with Crippen LogP contribution >= 0.6 is 0 Å². The molecule has 0 bridgehead atoms. The Bertz CT molecular complexity index is 604. The standard InChI is InChI=1S/C12H10N2O4/c1-7-4-2-3-5-10(7)18-12(17)9-6-8(11(15)16)13-14-9/h2-6H,1H3,(H,13,14)(H,15,16). The number of esters is 1. The average molecular weight is 246 g/mol. The molecule has 0 saturated heterocycles. The molecule has 0 saturated carbocycles. The van der Waals surface area contributed by atoms with E-state index in [1.807, 2.05) is 6.07 Å². The molecule has 0 fully saturated rings. The summed E-state index contributed by atoms with van der Waals surface area (Å²) in [7, 11) is 0. The fraction of sp³-hybridized carbons (Fsp3) is 0.0833. The monoisotopic (exact) mass is 246 g/mol. The zero-order valence-corrected chi connectivity index (χ0v) is 9.51. The van der Waals surface area contributed by atoms with Crippen LogP contribution in [0.1, 0.15) is 26.5 Å². The van der Waals surface area contributed by atoms with Gasteiger partial charge in [0.25, 0.3) is 0 Å². The Balaban J connectivity index is 2.17. The third-order valence-electron chi connectivity index (χ3n) is 2.31. The second kappa shape index (κ2) is 4.70. The Hall–Kier alpha value is -2.63. The number of H-pyrrole nitrogens is 1. The molecule has 92 valence electrons. The number of ether oxygens (including phenoxy) is 1. The van der Waals surface area contributed by atoms with Gasteiger partial charge in [0, 0.05) is 6.07 Å². The van der Waals surface area contributed by atoms with Crippen molar-refractivity contribution in [3.8, 4) is 5.75 Å². The zero-order valence-electron chi connectivity index (χ0n) is 9.51. The topological polar surface area (TPSA) is 92.3 Å². The maximum Gasteiger partial charge on any atom is 0.361 e. The largest absolute Gasteiger partial charge is 0.476 e. The number of aromatic amines is 1. The van der Waals surface area contributed by atoms with E-state index >= 15 is 0 Å². The van der Waals surface area contributed by atoms with E-state index in [4.69, 9.17) is 9.84 Å². The number of benzene rings is 1. The van der Waals surface area contributed by atoms with E-state index in [1.165, 1.54) is 0 Å². The Morgan fingerprint density at radius 3 is 2.67 bits per heavy atom. The van der Waals surface area contributed by atoms with Crippen LogP contribution in [-0.4, -0.2) is 27.2 Å². The summed E-state index contributed by atoms with van der Waals surface area (Å²) in [6.07, 6.45) is 0. The van der Waals surface area contributed by atoms with Crippen molar-refractivity contribution >= 4 is 11.9 Å². The van der Waals surface area contributed by atoms with Gasteiger partial charge in [0.2, 0.25) is 0 Å². The van der Waals surface area contributed by atoms with Gasteiger partial charge in [-0.05, 0) is 18.6 Å². The summed E-state index contributed by atoms with van der Waals surface area (Å²) in [6.45, 7) is 1.80. The van der Waals surface area contributed by atoms with Gasteiger partial charge in [0.05, 0.1) is 0 Å². The average Bonchev–Trinajstić information content (AvgIpc) is 2.81. The van der Waals surface area contributed by atoms with Crippen molar-refractivity contribution in [2.75, 3.05) is 0 Å². The van der Waals surface area contributed by atoms with Crippen molar-refractivity contribution < 1.29 is 19.4 Å². The van der Waals surface area contributed by atoms with Crippen LogP contribution in [0, 0.1) is 6.92 Å². The Morgan fingerprint density at radius 1 is 1.33 bits per heavy atom. The minimum Gasteiger partial charge on any atom is -0.476 e. The van der Waals surface area contributed by atoms with E-state index in [2.05, 4.69) is 10.2 Å². The van der Waals surface area contributed by atoms with Gasteiger partial charge in [-0.15, -0.1) is 0 Å². The number of hydrogen-bond acceptors (Lipinski definition) is 4. The minimum atomic E-state index is -1.21. The number of carboxylic acids is 1. The van der Waals surface area contributed by atoms with Crippen LogP contribution in [0.5, 0.6) is 5.75 Å². The molecule has 1 aromatic heterocycles. The van der Waals surface area contributed by atoms with Crippen LogP contribution in [-0.2, 0) is 0 Å². The fourth-order valence-electron chi connectivity index (χ4n) is 1.36. The lowest BCUT2D eigenvalue weighted by molar-refractivity contribution is 0.0689. The number of carboxylic acid groups (broad SMARTS) is 1. The SMILES string of the molecule is Cc1ccccc1OC(=O)c1cc(C(=O)O)n[nH]1. The molecule has 0 amide bonds. The highest BCUT2D eigenvalue weighted by Gasteiger charge is 2.16. The van der Waals surface area contributed by atoms with Gasteiger partial charge < -0.3 is 9.84 Å². The highest BCUT2D eigenvalue weighted by atomic mass is 16.5. The molecule has 18 heavy (non-hydrogen) atoms. The number of carbonyl (C=O) groups excluding carboxylic acids is 1. The predicted octanol–water partition coefficient (Wildman–Crippen LogP) is 1.64. The molecule has 6 nitrogen and oxygen atoms in total. The molecular weight excluding hydrogens is 236 g/mol. The Labute approximate surface area is 102 Å². The molecule has 2 aromatic rings. The van der Waals surface area contributed by atoms with Crippen molar-refractivity contribution in [2.24, 2.45) is 0 Å². The molecule has 0 atom stereocenters. The first-order chi connectivity index (χ1) is 8.58. The number of nitrogens with one attached hydrogen (secondary N) is 1. The first-order valence-electron chi connectivity index (χ1n) is 5.14. The number of rotatable bonds is 3. The van der Waals surface area contributed by atoms with Crippen molar-refractivity contribution in [1.82, 2.24) is 10.2 Å². The molecule has 0 spiro atoms. The normalized spacial score (nSPS) is 10.1. The maximum absolute atomic E-state index is 11.7. The lowest BCUT2D eigenvalue weighted by atomic mass is 10.2. The van der Waals surface area contributed by atoms with E-state index in [-0.39, 0.29) is 11.4 Å². The molecule has 2 rings (SSSR count). The first-order valence-corrected chi connectivity index (χ1v) is 5.14. The molecule has 0 aliphatic carbocycles. The van der Waals surface area contributed by atoms with Gasteiger partial charge in [0.15, 0.2) is 5.69 Å². The second-order valence-corrected chi connectivity index (χ2v) is 3.63. The quantitative estimate of drug-likeness (QED) is 0.634. The molecule has 0 unspecified atom stereocenters. The number of aryl methyl sites for hydroxylation is 1. The van der Waals surface area contributed by atoms with E-state index in [0.29, 0.717) is 5.75 Å². The Kier molecular flexibility index (Phi) is 3.09. The van der Waals surface area contributed by atoms with Gasteiger partial charge in [0.1, 0.15) is 11.4 Å². The molecule has 1 aromatic carbocycles. The van der Waals surface area contributed by atoms with Crippen LogP contribution in [0.3, 0.4) is 0 Å². The molecule has 1 heterocycles. The lowest BCUT2D eigenvalue weighted by Crippen LogP contribution is -2.09. The summed E-state index contributed by atoms with van der Waals surface area (Å²) in [4.78, 5) is 22.3. The molecule has 6 heteroatoms. The van der Waals surface area contributed by atoms with Crippen molar-refractivity contribution in [2.45, 2.75) is 6.92 Å². The van der Waals surface area contributed by atoms with Crippen LogP contribution in [0.4, 0.5) is 0 Å². The summed E-state index contributed by atoms with van der Waals surface area (Å²) >= 11 is 0. The van der Waals surface area contributed by atoms with Crippen molar-refractivity contribution in [3.63, 3.8) is 0 Å². The minimum absolute atomic E-state index is 0.00402. The number of aromatic nitrogens is 2. The fourth-order valence-corrected chi connectivity index (χ4v) is 1.36. The van der Waals surface area contributed by atoms with Gasteiger partial charge in [-0.1, -0.05) is 18.2 Å². The van der Waals surface area contributed by atoms with Gasteiger partial charge >= 0.3 is 11.9 Å². The van der Waals surface area contributed by atoms with Gasteiger partial charge in [-0.3, -0.25) is 5.10 Å². The highest BCUT2D eigenvalue weighted by Crippen LogP contribution is 2.17. The summed E-state index contributed by atoms with van der Waals surface area (Å²) in [5.41, 5.74) is 0.575. The van der Waals surface area contributed by atoms with E-state index < -0.39 is 11.9 Å². The first kappa shape index (κ1) is 11.8. The zero-order chi connectivity index (χ0) is 13.1. The van der Waals surface area contributed by atoms with Crippen LogP contribution < -0.4 is 4.74 Å². The van der Waals surface area contributed by atoms with E-state index in [1.54, 1.807) is 25.1 Å². The van der Waals surface area contributed by atoms with Crippen LogP contribution in [0.2, 0.25) is 0 Å². The number of nitrogens with zero attached hydrogens (tertiary/aromatic N) is 1. The van der Waals surface area contributed by atoms with Crippen molar-refractivity contribution in [1.29, 1.82) is 0 Å². The number of hydrogen-bond donors (Lipinski definition) is 2. The lowest BCUT2D eigenvalue weighted by Gasteiger charge is -2.04. The van der Waals surface area contributed by atoms with E-state index in [9.17, 15) is 9.59 Å². The number of carbonyl (C=O) groups is 2. The summed E-state index contributed by atoms with van der Waals surface area (Å²) in [5, 5.41) is 14.5. The third-order valence-corrected chi connectivity index (χ3v) is 2.31. The molecule has 0 radical (unpaired) electrons. The summed E-state index contributed by atoms with van der Waals surface area (Å²) < 4.78 is 5.12. The number of aromatic carboxylic acids is 1. The van der Waals surface area contributed by atoms with E-state index in [0.717, 1.165) is 11.6 Å². The second-order valence-electron chi connectivity index (χ2n) is 3.63. The van der Waals surface area contributed by atoms with Gasteiger partial charge in [-0.25, -0.2) is 9.59 Å². The predicted molar refractivity (Wildman–Crippen MR) is 61.7 cm³/mol. The van der Waals surface area contributed by atoms with Crippen molar-refractivity contribution in [3.05, 3.63) is 47.3 Å². The molecule has 0 aliphatic heterocycles. The van der Waals surface area contributed by atoms with Crippen LogP contribution in [0.25, 0.3) is 0 Å². The Morgan fingerprint density at radius 2 is 2.06 bits per heavy atom. The molecule has 2 N–H and O–H groups in total. The summed E-state index contributed by atoms with van der Waals surface area (Å²) in [5.74, 6) is -1.46. The highest BCUT2D eigenvalue weighted by molar-refractivity contribution is 5.93. The molecule has 0 aliphatic rings. The smallest absolute Gasteiger partial charge is 0.361 e. The third kappa shape index (κ3) is 2.37. The van der Waals surface area contributed by atoms with Gasteiger partial charge in [-0.2, -0.15) is 5.10 Å². The maximum atomic E-state index is 11.7. The van der Waals surface area contributed by atoms with Crippen LogP contribution in [0.15, 0.2) is 30.3 Å². The molecular formula is C12H10N2O4.